The molecular formula is C14H25NO4. The average molecular weight is 271 g/mol. The van der Waals surface area contributed by atoms with Crippen molar-refractivity contribution in [1.82, 2.24) is 4.90 Å². The fourth-order valence-corrected chi connectivity index (χ4v) is 3.33. The van der Waals surface area contributed by atoms with Crippen molar-refractivity contribution in [3.63, 3.8) is 0 Å². The van der Waals surface area contributed by atoms with Gasteiger partial charge in [-0.3, -0.25) is 9.69 Å². The molecule has 0 aromatic heterocycles. The molecule has 0 saturated carbocycles. The highest BCUT2D eigenvalue weighted by Gasteiger charge is 2.41. The van der Waals surface area contributed by atoms with E-state index in [1.807, 2.05) is 18.9 Å². The minimum Gasteiger partial charge on any atom is -0.480 e. The van der Waals surface area contributed by atoms with Gasteiger partial charge in [-0.05, 0) is 39.2 Å². The number of carboxylic acids is 1. The first kappa shape index (κ1) is 14.8. The van der Waals surface area contributed by atoms with Gasteiger partial charge in [0.15, 0.2) is 0 Å². The number of hydrogen-bond donors (Lipinski definition) is 1. The number of hydrogen-bond acceptors (Lipinski definition) is 4. The summed E-state index contributed by atoms with van der Waals surface area (Å²) in [5.74, 6) is -0.725. The van der Waals surface area contributed by atoms with E-state index >= 15 is 0 Å². The second-order valence-corrected chi connectivity index (χ2v) is 5.72. The number of aliphatic carboxylic acids is 1. The maximum atomic E-state index is 11.3. The van der Waals surface area contributed by atoms with Crippen LogP contribution in [-0.2, 0) is 14.3 Å². The summed E-state index contributed by atoms with van der Waals surface area (Å²) in [6.07, 6.45) is 4.35. The predicted octanol–water partition coefficient (Wildman–Crippen LogP) is 1.51. The molecule has 2 unspecified atom stereocenters. The molecule has 2 fully saturated rings. The minimum atomic E-state index is -0.725. The normalized spacial score (nSPS) is 28.5. The Labute approximate surface area is 114 Å². The van der Waals surface area contributed by atoms with E-state index in [0.717, 1.165) is 45.5 Å². The summed E-state index contributed by atoms with van der Waals surface area (Å²) in [6.45, 7) is 4.17. The average Bonchev–Trinajstić information content (AvgIpc) is 2.40. The monoisotopic (exact) mass is 271 g/mol. The molecule has 2 atom stereocenters. The summed E-state index contributed by atoms with van der Waals surface area (Å²) in [4.78, 5) is 13.3. The number of nitrogens with zero attached hydrogens (tertiary/aromatic N) is 1. The summed E-state index contributed by atoms with van der Waals surface area (Å²) in [6, 6.07) is -0.0899. The van der Waals surface area contributed by atoms with Gasteiger partial charge in [0.05, 0.1) is 5.60 Å². The van der Waals surface area contributed by atoms with Crippen molar-refractivity contribution in [2.24, 2.45) is 0 Å². The lowest BCUT2D eigenvalue weighted by atomic mass is 9.83. The molecule has 1 spiro atoms. The first-order valence-electron chi connectivity index (χ1n) is 7.24. The van der Waals surface area contributed by atoms with Crippen molar-refractivity contribution < 1.29 is 19.4 Å². The Bertz CT molecular complexity index is 309. The third-order valence-corrected chi connectivity index (χ3v) is 4.61. The van der Waals surface area contributed by atoms with Crippen molar-refractivity contribution in [2.75, 3.05) is 26.9 Å². The third kappa shape index (κ3) is 3.27. The van der Waals surface area contributed by atoms with Crippen LogP contribution < -0.4 is 0 Å². The second-order valence-electron chi connectivity index (χ2n) is 5.72. The van der Waals surface area contributed by atoms with Gasteiger partial charge in [0, 0.05) is 25.9 Å². The molecule has 0 aromatic rings. The van der Waals surface area contributed by atoms with Gasteiger partial charge in [-0.15, -0.1) is 0 Å². The van der Waals surface area contributed by atoms with Crippen molar-refractivity contribution in [2.45, 2.75) is 56.7 Å². The molecule has 2 rings (SSSR count). The zero-order valence-corrected chi connectivity index (χ0v) is 11.9. The molecule has 5 nitrogen and oxygen atoms in total. The van der Waals surface area contributed by atoms with Gasteiger partial charge in [0.1, 0.15) is 6.04 Å². The maximum absolute atomic E-state index is 11.3. The van der Waals surface area contributed by atoms with Crippen LogP contribution in [0.5, 0.6) is 0 Å². The SMILES string of the molecule is CCC(C(=O)O)N(C)C1CCOC2(CCOCC2)C1. The smallest absolute Gasteiger partial charge is 0.320 e. The predicted molar refractivity (Wildman–Crippen MR) is 71.2 cm³/mol. The van der Waals surface area contributed by atoms with E-state index in [1.165, 1.54) is 0 Å². The lowest BCUT2D eigenvalue weighted by Gasteiger charge is -2.46. The Kier molecular flexibility index (Phi) is 4.81. The summed E-state index contributed by atoms with van der Waals surface area (Å²) in [5.41, 5.74) is -0.0772. The molecule has 0 aliphatic carbocycles. The second kappa shape index (κ2) is 6.20. The molecular weight excluding hydrogens is 246 g/mol. The molecule has 0 radical (unpaired) electrons. The van der Waals surface area contributed by atoms with E-state index in [4.69, 9.17) is 9.47 Å². The lowest BCUT2D eigenvalue weighted by Crippen LogP contribution is -2.53. The Morgan fingerprint density at radius 1 is 1.42 bits per heavy atom. The largest absolute Gasteiger partial charge is 0.480 e. The number of carboxylic acid groups (broad SMARTS) is 1. The van der Waals surface area contributed by atoms with Crippen LogP contribution in [0, 0.1) is 0 Å². The molecule has 0 aromatic carbocycles. The molecule has 2 aliphatic rings. The first-order valence-corrected chi connectivity index (χ1v) is 7.24. The van der Waals surface area contributed by atoms with Crippen LogP contribution in [-0.4, -0.2) is 60.5 Å². The molecule has 2 heterocycles. The highest BCUT2D eigenvalue weighted by molar-refractivity contribution is 5.73. The molecule has 0 amide bonds. The van der Waals surface area contributed by atoms with Gasteiger partial charge in [-0.2, -0.15) is 0 Å². The van der Waals surface area contributed by atoms with E-state index < -0.39 is 5.97 Å². The van der Waals surface area contributed by atoms with Gasteiger partial charge in [0.25, 0.3) is 0 Å². The van der Waals surface area contributed by atoms with Crippen LogP contribution in [0.15, 0.2) is 0 Å². The fourth-order valence-electron chi connectivity index (χ4n) is 3.33. The lowest BCUT2D eigenvalue weighted by molar-refractivity contribution is -0.160. The molecule has 5 heteroatoms. The zero-order chi connectivity index (χ0) is 13.9. The summed E-state index contributed by atoms with van der Waals surface area (Å²) in [5, 5.41) is 9.28. The number of rotatable bonds is 4. The summed E-state index contributed by atoms with van der Waals surface area (Å²) < 4.78 is 11.4. The van der Waals surface area contributed by atoms with Crippen LogP contribution >= 0.6 is 0 Å². The molecule has 110 valence electrons. The first-order chi connectivity index (χ1) is 9.08. The fraction of sp³-hybridized carbons (Fsp3) is 0.929. The van der Waals surface area contributed by atoms with Crippen LogP contribution in [0.25, 0.3) is 0 Å². The van der Waals surface area contributed by atoms with Crippen molar-refractivity contribution in [3.8, 4) is 0 Å². The third-order valence-electron chi connectivity index (χ3n) is 4.61. The Hall–Kier alpha value is -0.650. The van der Waals surface area contributed by atoms with Crippen LogP contribution in [0.2, 0.25) is 0 Å². The summed E-state index contributed by atoms with van der Waals surface area (Å²) in [7, 11) is 1.94. The number of likely N-dealkylation sites (N-methyl/N-ethyl adjacent to an activating group) is 1. The molecule has 2 saturated heterocycles. The van der Waals surface area contributed by atoms with Crippen molar-refractivity contribution in [1.29, 1.82) is 0 Å². The standard InChI is InChI=1S/C14H25NO4/c1-3-12(13(16)17)15(2)11-4-7-19-14(10-11)5-8-18-9-6-14/h11-12H,3-10H2,1-2H3,(H,16,17). The highest BCUT2D eigenvalue weighted by atomic mass is 16.5. The van der Waals surface area contributed by atoms with Gasteiger partial charge in [-0.25, -0.2) is 0 Å². The molecule has 2 aliphatic heterocycles. The topological polar surface area (TPSA) is 59.0 Å². The summed E-state index contributed by atoms with van der Waals surface area (Å²) >= 11 is 0. The number of carbonyl (C=O) groups is 1. The van der Waals surface area contributed by atoms with E-state index in [2.05, 4.69) is 0 Å². The van der Waals surface area contributed by atoms with E-state index in [0.29, 0.717) is 12.5 Å². The molecule has 19 heavy (non-hydrogen) atoms. The van der Waals surface area contributed by atoms with E-state index in [1.54, 1.807) is 0 Å². The van der Waals surface area contributed by atoms with E-state index in [9.17, 15) is 9.90 Å². The van der Waals surface area contributed by atoms with Gasteiger partial charge in [0.2, 0.25) is 0 Å². The van der Waals surface area contributed by atoms with Crippen molar-refractivity contribution in [3.05, 3.63) is 0 Å². The van der Waals surface area contributed by atoms with Gasteiger partial charge < -0.3 is 14.6 Å². The highest BCUT2D eigenvalue weighted by Crippen LogP contribution is 2.36. The Morgan fingerprint density at radius 2 is 2.11 bits per heavy atom. The van der Waals surface area contributed by atoms with E-state index in [-0.39, 0.29) is 11.6 Å². The Balaban J connectivity index is 2.01. The van der Waals surface area contributed by atoms with Crippen LogP contribution in [0.1, 0.15) is 39.0 Å². The minimum absolute atomic E-state index is 0.0772. The Morgan fingerprint density at radius 3 is 2.68 bits per heavy atom. The number of ether oxygens (including phenoxy) is 2. The van der Waals surface area contributed by atoms with Crippen LogP contribution in [0.3, 0.4) is 0 Å². The van der Waals surface area contributed by atoms with Crippen molar-refractivity contribution >= 4 is 5.97 Å². The van der Waals surface area contributed by atoms with Gasteiger partial charge in [-0.1, -0.05) is 6.92 Å². The van der Waals surface area contributed by atoms with Crippen LogP contribution in [0.4, 0.5) is 0 Å². The zero-order valence-electron chi connectivity index (χ0n) is 11.9. The molecule has 0 bridgehead atoms. The maximum Gasteiger partial charge on any atom is 0.320 e. The molecule has 1 N–H and O–H groups in total. The quantitative estimate of drug-likeness (QED) is 0.840. The van der Waals surface area contributed by atoms with Gasteiger partial charge >= 0.3 is 5.97 Å².